The SMILES string of the molecule is C=C(CNC)N/C(C)=C/C=C(/c1cc(C)ccc1C)N(C=O)Cc1cccc(-n2cc(C)c3cc(F)ccc32)c1. The van der Waals surface area contributed by atoms with Gasteiger partial charge in [0.25, 0.3) is 0 Å². The topological polar surface area (TPSA) is 49.3 Å². The van der Waals surface area contributed by atoms with Crippen molar-refractivity contribution < 1.29 is 9.18 Å². The summed E-state index contributed by atoms with van der Waals surface area (Å²) in [5, 5.41) is 7.26. The van der Waals surface area contributed by atoms with Gasteiger partial charge in [-0.15, -0.1) is 0 Å². The van der Waals surface area contributed by atoms with E-state index in [2.05, 4.69) is 59.9 Å². The Hall–Kier alpha value is -4.42. The first-order chi connectivity index (χ1) is 19.2. The fourth-order valence-corrected chi connectivity index (χ4v) is 4.90. The Morgan fingerprint density at radius 2 is 1.82 bits per heavy atom. The van der Waals surface area contributed by atoms with Crippen LogP contribution in [0.4, 0.5) is 4.39 Å². The standard InChI is InChI=1S/C34H37FN4O/c1-23-10-11-24(2)31(16-23)33(14-12-26(4)37-27(5)19-36-6)38(22-40)21-28-8-7-9-30(17-28)39-20-25(3)32-18-29(35)13-15-34(32)39/h7-18,20,22,36-37H,5,19,21H2,1-4,6H3/b26-12+,33-14-. The second-order valence-electron chi connectivity index (χ2n) is 10.2. The van der Waals surface area contributed by atoms with Crippen molar-refractivity contribution in [2.24, 2.45) is 0 Å². The van der Waals surface area contributed by atoms with E-state index in [1.54, 1.807) is 17.0 Å². The molecule has 0 atom stereocenters. The van der Waals surface area contributed by atoms with E-state index in [1.165, 1.54) is 6.07 Å². The van der Waals surface area contributed by atoms with Gasteiger partial charge in [0.1, 0.15) is 5.82 Å². The number of halogens is 1. The van der Waals surface area contributed by atoms with E-state index in [4.69, 9.17) is 0 Å². The zero-order chi connectivity index (χ0) is 28.8. The van der Waals surface area contributed by atoms with Crippen molar-refractivity contribution in [1.29, 1.82) is 0 Å². The van der Waals surface area contributed by atoms with Gasteiger partial charge in [0.2, 0.25) is 6.41 Å². The van der Waals surface area contributed by atoms with Crippen LogP contribution in [-0.2, 0) is 11.3 Å². The number of hydrogen-bond donors (Lipinski definition) is 2. The Kier molecular flexibility index (Phi) is 9.02. The molecular weight excluding hydrogens is 499 g/mol. The summed E-state index contributed by atoms with van der Waals surface area (Å²) in [4.78, 5) is 14.3. The third-order valence-corrected chi connectivity index (χ3v) is 6.87. The van der Waals surface area contributed by atoms with Crippen LogP contribution in [0.15, 0.2) is 97.0 Å². The average Bonchev–Trinajstić information content (AvgIpc) is 3.25. The Morgan fingerprint density at radius 3 is 2.58 bits per heavy atom. The fraction of sp³-hybridized carbons (Fsp3) is 0.206. The van der Waals surface area contributed by atoms with Crippen LogP contribution in [0, 0.1) is 26.6 Å². The lowest BCUT2D eigenvalue weighted by Gasteiger charge is -2.23. The van der Waals surface area contributed by atoms with Crippen LogP contribution in [-0.4, -0.2) is 29.5 Å². The summed E-state index contributed by atoms with van der Waals surface area (Å²) in [6, 6.07) is 19.2. The number of likely N-dealkylation sites (N-methyl/N-ethyl adjacent to an activating group) is 1. The monoisotopic (exact) mass is 536 g/mol. The fourth-order valence-electron chi connectivity index (χ4n) is 4.90. The Bertz CT molecular complexity index is 1610. The van der Waals surface area contributed by atoms with Gasteiger partial charge in [0.05, 0.1) is 17.8 Å². The number of carbonyl (C=O) groups is 1. The van der Waals surface area contributed by atoms with Crippen LogP contribution in [0.1, 0.15) is 34.7 Å². The number of allylic oxidation sites excluding steroid dienone is 3. The van der Waals surface area contributed by atoms with Crippen molar-refractivity contribution >= 4 is 23.0 Å². The molecule has 0 spiro atoms. The van der Waals surface area contributed by atoms with Gasteiger partial charge in [-0.25, -0.2) is 4.39 Å². The van der Waals surface area contributed by atoms with Crippen molar-refractivity contribution in [3.05, 3.63) is 131 Å². The maximum Gasteiger partial charge on any atom is 0.214 e. The Morgan fingerprint density at radius 1 is 1.02 bits per heavy atom. The van der Waals surface area contributed by atoms with Crippen molar-refractivity contribution in [2.45, 2.75) is 34.2 Å². The van der Waals surface area contributed by atoms with E-state index in [-0.39, 0.29) is 5.82 Å². The molecule has 0 bridgehead atoms. The molecule has 1 amide bonds. The predicted molar refractivity (Wildman–Crippen MR) is 163 cm³/mol. The highest BCUT2D eigenvalue weighted by Crippen LogP contribution is 2.28. The molecule has 4 rings (SSSR count). The van der Waals surface area contributed by atoms with Crippen LogP contribution < -0.4 is 10.6 Å². The van der Waals surface area contributed by atoms with Gasteiger partial charge < -0.3 is 20.1 Å². The molecular formula is C34H37FN4O. The number of amides is 1. The lowest BCUT2D eigenvalue weighted by molar-refractivity contribution is -0.115. The van der Waals surface area contributed by atoms with Crippen molar-refractivity contribution in [3.63, 3.8) is 0 Å². The van der Waals surface area contributed by atoms with E-state index in [0.29, 0.717) is 13.1 Å². The molecule has 0 aliphatic heterocycles. The third kappa shape index (κ3) is 6.58. The summed E-state index contributed by atoms with van der Waals surface area (Å²) in [6.07, 6.45) is 6.85. The first kappa shape index (κ1) is 28.6. The summed E-state index contributed by atoms with van der Waals surface area (Å²) < 4.78 is 16.0. The number of fused-ring (bicyclic) bond motifs is 1. The molecule has 1 aromatic heterocycles. The smallest absolute Gasteiger partial charge is 0.214 e. The van der Waals surface area contributed by atoms with E-state index < -0.39 is 0 Å². The molecule has 4 aromatic rings. The Balaban J connectivity index is 1.71. The van der Waals surface area contributed by atoms with Crippen LogP contribution in [0.2, 0.25) is 0 Å². The molecule has 0 unspecified atom stereocenters. The summed E-state index contributed by atoms with van der Waals surface area (Å²) in [6.45, 7) is 13.1. The summed E-state index contributed by atoms with van der Waals surface area (Å²) in [7, 11) is 1.88. The molecule has 0 saturated carbocycles. The van der Waals surface area contributed by atoms with Gasteiger partial charge in [-0.2, -0.15) is 0 Å². The molecule has 0 aliphatic carbocycles. The molecule has 40 heavy (non-hydrogen) atoms. The van der Waals surface area contributed by atoms with Crippen LogP contribution in [0.5, 0.6) is 0 Å². The number of rotatable bonds is 11. The summed E-state index contributed by atoms with van der Waals surface area (Å²) >= 11 is 0. The molecule has 0 aliphatic rings. The molecule has 0 radical (unpaired) electrons. The molecule has 0 saturated heterocycles. The molecule has 1 heterocycles. The number of aromatic nitrogens is 1. The van der Waals surface area contributed by atoms with Crippen molar-refractivity contribution in [2.75, 3.05) is 13.6 Å². The van der Waals surface area contributed by atoms with Crippen LogP contribution in [0.3, 0.4) is 0 Å². The van der Waals surface area contributed by atoms with Gasteiger partial charge in [0.15, 0.2) is 0 Å². The Labute approximate surface area is 236 Å². The molecule has 3 aromatic carbocycles. The maximum absolute atomic E-state index is 13.9. The number of hydrogen-bond acceptors (Lipinski definition) is 3. The third-order valence-electron chi connectivity index (χ3n) is 6.87. The van der Waals surface area contributed by atoms with Crippen LogP contribution >= 0.6 is 0 Å². The zero-order valence-electron chi connectivity index (χ0n) is 23.9. The van der Waals surface area contributed by atoms with Gasteiger partial charge in [0, 0.05) is 40.8 Å². The lowest BCUT2D eigenvalue weighted by atomic mass is 10.0. The largest absolute Gasteiger partial charge is 0.362 e. The highest BCUT2D eigenvalue weighted by molar-refractivity contribution is 5.85. The minimum Gasteiger partial charge on any atom is -0.362 e. The number of benzene rings is 3. The van der Waals surface area contributed by atoms with Gasteiger partial charge in [-0.05, 0) is 100.0 Å². The molecule has 206 valence electrons. The molecule has 2 N–H and O–H groups in total. The highest BCUT2D eigenvalue weighted by Gasteiger charge is 2.15. The molecule has 6 heteroatoms. The lowest BCUT2D eigenvalue weighted by Crippen LogP contribution is -2.21. The van der Waals surface area contributed by atoms with Crippen LogP contribution in [0.25, 0.3) is 22.3 Å². The quantitative estimate of drug-likeness (QED) is 0.162. The number of carbonyl (C=O) groups excluding carboxylic acids is 1. The number of nitrogens with one attached hydrogen (secondary N) is 2. The van der Waals surface area contributed by atoms with Gasteiger partial charge in [-0.1, -0.05) is 36.4 Å². The number of nitrogens with zero attached hydrogens (tertiary/aromatic N) is 2. The van der Waals surface area contributed by atoms with E-state index >= 15 is 0 Å². The molecule has 5 nitrogen and oxygen atoms in total. The van der Waals surface area contributed by atoms with E-state index in [9.17, 15) is 9.18 Å². The minimum absolute atomic E-state index is 0.250. The van der Waals surface area contributed by atoms with Gasteiger partial charge in [-0.3, -0.25) is 4.79 Å². The summed E-state index contributed by atoms with van der Waals surface area (Å²) in [5.41, 5.74) is 9.64. The molecule has 0 fully saturated rings. The predicted octanol–water partition coefficient (Wildman–Crippen LogP) is 6.92. The second-order valence-corrected chi connectivity index (χ2v) is 10.2. The zero-order valence-corrected chi connectivity index (χ0v) is 23.9. The van der Waals surface area contributed by atoms with E-state index in [1.807, 2.05) is 57.4 Å². The maximum atomic E-state index is 13.9. The minimum atomic E-state index is -0.250. The van der Waals surface area contributed by atoms with Gasteiger partial charge >= 0.3 is 0 Å². The first-order valence-corrected chi connectivity index (χ1v) is 13.3. The average molecular weight is 537 g/mol. The number of aryl methyl sites for hydroxylation is 3. The normalized spacial score (nSPS) is 12.1. The second kappa shape index (κ2) is 12.6. The van der Waals surface area contributed by atoms with Crippen molar-refractivity contribution in [3.8, 4) is 5.69 Å². The highest BCUT2D eigenvalue weighted by atomic mass is 19.1. The first-order valence-electron chi connectivity index (χ1n) is 13.3. The van der Waals surface area contributed by atoms with Crippen molar-refractivity contribution in [1.82, 2.24) is 20.1 Å². The summed E-state index contributed by atoms with van der Waals surface area (Å²) in [5.74, 6) is -0.250. The van der Waals surface area contributed by atoms with E-state index in [0.717, 1.165) is 67.9 Å².